The van der Waals surface area contributed by atoms with Crippen LogP contribution < -0.4 is 10.2 Å². The van der Waals surface area contributed by atoms with Crippen LogP contribution in [-0.4, -0.2) is 17.8 Å². The van der Waals surface area contributed by atoms with Crippen molar-refractivity contribution < 1.29 is 14.7 Å². The van der Waals surface area contributed by atoms with Crippen molar-refractivity contribution in [2.45, 2.75) is 51.2 Å². The van der Waals surface area contributed by atoms with Crippen molar-refractivity contribution in [3.63, 3.8) is 0 Å². The lowest BCUT2D eigenvalue weighted by molar-refractivity contribution is -0.0604. The van der Waals surface area contributed by atoms with Gasteiger partial charge < -0.3 is 14.7 Å². The molecule has 1 aliphatic carbocycles. The number of hydrogen-bond acceptors (Lipinski definition) is 4. The average molecular weight is 263 g/mol. The molecule has 1 heterocycles. The van der Waals surface area contributed by atoms with Gasteiger partial charge in [-0.1, -0.05) is 0 Å². The van der Waals surface area contributed by atoms with Gasteiger partial charge in [0, 0.05) is 12.0 Å². The monoisotopic (exact) mass is 263 g/mol. The van der Waals surface area contributed by atoms with Crippen molar-refractivity contribution in [3.05, 3.63) is 22.8 Å². The number of benzene rings is 1. The van der Waals surface area contributed by atoms with E-state index in [2.05, 4.69) is 5.48 Å². The van der Waals surface area contributed by atoms with Gasteiger partial charge in [-0.3, -0.25) is 0 Å². The Morgan fingerprint density at radius 1 is 1.37 bits per heavy atom. The molecular weight excluding hydrogens is 242 g/mol. The number of phenolic OH excluding ortho intramolecular Hbond substituents is 1. The van der Waals surface area contributed by atoms with Gasteiger partial charge >= 0.3 is 0 Å². The third kappa shape index (κ3) is 1.90. The third-order valence-electron chi connectivity index (χ3n) is 4.64. The molecule has 3 rings (SSSR count). The predicted octanol–water partition coefficient (Wildman–Crippen LogP) is 2.91. The molecule has 2 N–H and O–H groups in total. The van der Waals surface area contributed by atoms with Crippen molar-refractivity contribution >= 4 is 0 Å². The number of hydroxylamine groups is 1. The zero-order chi connectivity index (χ0) is 13.6. The van der Waals surface area contributed by atoms with Crippen LogP contribution in [0.3, 0.4) is 0 Å². The Morgan fingerprint density at radius 2 is 2.11 bits per heavy atom. The second kappa shape index (κ2) is 4.39. The van der Waals surface area contributed by atoms with Gasteiger partial charge in [-0.2, -0.15) is 5.48 Å². The summed E-state index contributed by atoms with van der Waals surface area (Å²) in [5.74, 6) is 1.25. The molecule has 0 unspecified atom stereocenters. The molecule has 0 saturated heterocycles. The number of rotatable bonds is 2. The second-order valence-corrected chi connectivity index (χ2v) is 5.78. The van der Waals surface area contributed by atoms with E-state index < -0.39 is 0 Å². The Morgan fingerprint density at radius 3 is 2.68 bits per heavy atom. The quantitative estimate of drug-likeness (QED) is 0.806. The second-order valence-electron chi connectivity index (χ2n) is 5.78. The number of phenols is 1. The molecule has 0 amide bonds. The van der Waals surface area contributed by atoms with Crippen LogP contribution in [0.1, 0.15) is 48.4 Å². The van der Waals surface area contributed by atoms with Crippen molar-refractivity contribution in [2.24, 2.45) is 0 Å². The first-order valence-corrected chi connectivity index (χ1v) is 6.87. The summed E-state index contributed by atoms with van der Waals surface area (Å²) >= 11 is 0. The SMILES string of the molecule is CON[C@@H]1CC2(CCC2)Oc2c1cc(O)c(C)c2C. The summed E-state index contributed by atoms with van der Waals surface area (Å²) in [5, 5.41) is 10.0. The summed E-state index contributed by atoms with van der Waals surface area (Å²) in [7, 11) is 1.63. The molecule has 1 saturated carbocycles. The van der Waals surface area contributed by atoms with Gasteiger partial charge in [0.1, 0.15) is 17.1 Å². The number of fused-ring (bicyclic) bond motifs is 1. The van der Waals surface area contributed by atoms with E-state index in [4.69, 9.17) is 9.57 Å². The van der Waals surface area contributed by atoms with E-state index in [9.17, 15) is 5.11 Å². The van der Waals surface area contributed by atoms with Crippen LogP contribution in [0, 0.1) is 13.8 Å². The maximum atomic E-state index is 10.0. The number of nitrogens with one attached hydrogen (secondary N) is 1. The van der Waals surface area contributed by atoms with Crippen LogP contribution in [0.15, 0.2) is 6.07 Å². The highest BCUT2D eigenvalue weighted by Crippen LogP contribution is 2.51. The minimum Gasteiger partial charge on any atom is -0.508 e. The van der Waals surface area contributed by atoms with E-state index in [-0.39, 0.29) is 11.6 Å². The van der Waals surface area contributed by atoms with E-state index >= 15 is 0 Å². The fourth-order valence-corrected chi connectivity index (χ4v) is 3.16. The molecule has 19 heavy (non-hydrogen) atoms. The maximum absolute atomic E-state index is 10.0. The first kappa shape index (κ1) is 12.8. The van der Waals surface area contributed by atoms with Crippen LogP contribution in [0.2, 0.25) is 0 Å². The highest BCUT2D eigenvalue weighted by molar-refractivity contribution is 5.54. The Hall–Kier alpha value is -1.26. The topological polar surface area (TPSA) is 50.7 Å². The van der Waals surface area contributed by atoms with Gasteiger partial charge in [0.25, 0.3) is 0 Å². The molecule has 1 fully saturated rings. The van der Waals surface area contributed by atoms with E-state index in [1.165, 1.54) is 6.42 Å². The van der Waals surface area contributed by atoms with E-state index in [0.29, 0.717) is 5.75 Å². The van der Waals surface area contributed by atoms with E-state index in [1.807, 2.05) is 13.8 Å². The molecule has 4 heteroatoms. The first-order chi connectivity index (χ1) is 9.06. The standard InChI is InChI=1S/C15H21NO3/c1-9-10(2)14-11(7-13(9)17)12(16-18-3)8-15(19-14)5-4-6-15/h7,12,16-17H,4-6,8H2,1-3H3/t12-/m1/s1. The molecular formula is C15H21NO3. The predicted molar refractivity (Wildman–Crippen MR) is 72.3 cm³/mol. The van der Waals surface area contributed by atoms with Crippen molar-refractivity contribution in [2.75, 3.05) is 7.11 Å². The maximum Gasteiger partial charge on any atom is 0.128 e. The lowest BCUT2D eigenvalue weighted by Gasteiger charge is -2.48. The summed E-state index contributed by atoms with van der Waals surface area (Å²) in [4.78, 5) is 5.12. The van der Waals surface area contributed by atoms with E-state index in [1.54, 1.807) is 13.2 Å². The van der Waals surface area contributed by atoms with Crippen molar-refractivity contribution in [3.8, 4) is 11.5 Å². The first-order valence-electron chi connectivity index (χ1n) is 6.87. The normalized spacial score (nSPS) is 23.6. The molecule has 4 nitrogen and oxygen atoms in total. The van der Waals surface area contributed by atoms with Gasteiger partial charge in [0.05, 0.1) is 13.2 Å². The van der Waals surface area contributed by atoms with Crippen LogP contribution >= 0.6 is 0 Å². The highest BCUT2D eigenvalue weighted by Gasteiger charge is 2.46. The van der Waals surface area contributed by atoms with Gasteiger partial charge in [-0.25, -0.2) is 0 Å². The largest absolute Gasteiger partial charge is 0.508 e. The molecule has 1 aliphatic heterocycles. The number of aromatic hydroxyl groups is 1. The molecule has 1 aromatic carbocycles. The Bertz CT molecular complexity index is 509. The molecule has 0 radical (unpaired) electrons. The summed E-state index contributed by atoms with van der Waals surface area (Å²) in [6, 6.07) is 1.89. The number of hydrogen-bond donors (Lipinski definition) is 2. The summed E-state index contributed by atoms with van der Waals surface area (Å²) in [6.07, 6.45) is 4.34. The van der Waals surface area contributed by atoms with Crippen LogP contribution in [0.25, 0.3) is 0 Å². The molecule has 2 aliphatic rings. The van der Waals surface area contributed by atoms with Crippen molar-refractivity contribution in [1.82, 2.24) is 5.48 Å². The van der Waals surface area contributed by atoms with E-state index in [0.717, 1.165) is 41.7 Å². The fourth-order valence-electron chi connectivity index (χ4n) is 3.16. The minimum absolute atomic E-state index is 0.0304. The van der Waals surface area contributed by atoms with Crippen LogP contribution in [-0.2, 0) is 4.84 Å². The zero-order valence-corrected chi connectivity index (χ0v) is 11.7. The Balaban J connectivity index is 2.08. The van der Waals surface area contributed by atoms with Gasteiger partial charge in [0.15, 0.2) is 0 Å². The molecule has 1 atom stereocenters. The third-order valence-corrected chi connectivity index (χ3v) is 4.64. The molecule has 0 aromatic heterocycles. The van der Waals surface area contributed by atoms with Crippen LogP contribution in [0.5, 0.6) is 11.5 Å². The molecule has 0 bridgehead atoms. The number of ether oxygens (including phenoxy) is 1. The molecule has 1 aromatic rings. The lowest BCUT2D eigenvalue weighted by atomic mass is 9.72. The smallest absolute Gasteiger partial charge is 0.128 e. The Labute approximate surface area is 113 Å². The fraction of sp³-hybridized carbons (Fsp3) is 0.600. The summed E-state index contributed by atoms with van der Waals surface area (Å²) < 4.78 is 6.29. The highest BCUT2D eigenvalue weighted by atomic mass is 16.6. The van der Waals surface area contributed by atoms with Gasteiger partial charge in [0.2, 0.25) is 0 Å². The van der Waals surface area contributed by atoms with Crippen molar-refractivity contribution in [1.29, 1.82) is 0 Å². The molecule has 1 spiro atoms. The zero-order valence-electron chi connectivity index (χ0n) is 11.7. The average Bonchev–Trinajstić information content (AvgIpc) is 2.35. The minimum atomic E-state index is -0.0304. The summed E-state index contributed by atoms with van der Waals surface area (Å²) in [5.41, 5.74) is 5.94. The lowest BCUT2D eigenvalue weighted by Crippen LogP contribution is -2.49. The molecule has 104 valence electrons. The Kier molecular flexibility index (Phi) is 2.95. The summed E-state index contributed by atoms with van der Waals surface area (Å²) in [6.45, 7) is 3.94. The van der Waals surface area contributed by atoms with Crippen LogP contribution in [0.4, 0.5) is 0 Å². The van der Waals surface area contributed by atoms with Gasteiger partial charge in [-0.05, 0) is 50.3 Å². The van der Waals surface area contributed by atoms with Gasteiger partial charge in [-0.15, -0.1) is 0 Å².